The molecule has 3 nitrogen and oxygen atoms in total. The molecule has 0 aromatic heterocycles. The van der Waals surface area contributed by atoms with Gasteiger partial charge in [-0.05, 0) is 43.4 Å². The third kappa shape index (κ3) is 2.70. The van der Waals surface area contributed by atoms with Crippen molar-refractivity contribution in [2.45, 2.75) is 46.0 Å². The summed E-state index contributed by atoms with van der Waals surface area (Å²) in [5, 5.41) is 3.01. The number of hydrogen-bond donors (Lipinski definition) is 1. The average Bonchev–Trinajstić information content (AvgIpc) is 2.40. The van der Waals surface area contributed by atoms with Gasteiger partial charge in [0.1, 0.15) is 0 Å². The van der Waals surface area contributed by atoms with Crippen LogP contribution in [0.3, 0.4) is 0 Å². The van der Waals surface area contributed by atoms with Crippen LogP contribution in [0.15, 0.2) is 12.2 Å². The van der Waals surface area contributed by atoms with Crippen LogP contribution in [0.5, 0.6) is 0 Å². The second-order valence-corrected chi connectivity index (χ2v) is 5.93. The van der Waals surface area contributed by atoms with Crippen molar-refractivity contribution in [3.05, 3.63) is 12.2 Å². The van der Waals surface area contributed by atoms with Crippen LogP contribution in [-0.2, 0) is 0 Å². The first-order valence-electron chi connectivity index (χ1n) is 7.36. The molecule has 1 spiro atoms. The van der Waals surface area contributed by atoms with E-state index in [-0.39, 0.29) is 6.03 Å². The highest BCUT2D eigenvalue weighted by molar-refractivity contribution is 5.74. The van der Waals surface area contributed by atoms with Gasteiger partial charge >= 0.3 is 6.03 Å². The van der Waals surface area contributed by atoms with Crippen LogP contribution in [0.2, 0.25) is 0 Å². The highest BCUT2D eigenvalue weighted by Crippen LogP contribution is 2.44. The Kier molecular flexibility index (Phi) is 4.31. The van der Waals surface area contributed by atoms with Crippen LogP contribution in [0.4, 0.5) is 4.79 Å². The Morgan fingerprint density at radius 2 is 2.33 bits per heavy atom. The van der Waals surface area contributed by atoms with E-state index in [1.807, 2.05) is 4.90 Å². The van der Waals surface area contributed by atoms with Crippen LogP contribution in [0, 0.1) is 11.3 Å². The summed E-state index contributed by atoms with van der Waals surface area (Å²) in [5.41, 5.74) is 0.344. The van der Waals surface area contributed by atoms with Gasteiger partial charge in [-0.25, -0.2) is 4.79 Å². The van der Waals surface area contributed by atoms with Crippen molar-refractivity contribution < 1.29 is 4.79 Å². The Hall–Kier alpha value is -0.990. The maximum atomic E-state index is 12.1. The van der Waals surface area contributed by atoms with Gasteiger partial charge in [0.25, 0.3) is 0 Å². The van der Waals surface area contributed by atoms with Gasteiger partial charge in [-0.15, -0.1) is 0 Å². The van der Waals surface area contributed by atoms with Gasteiger partial charge in [0.15, 0.2) is 0 Å². The molecule has 0 aromatic carbocycles. The van der Waals surface area contributed by atoms with Crippen LogP contribution in [-0.4, -0.2) is 30.6 Å². The minimum atomic E-state index is 0.137. The summed E-state index contributed by atoms with van der Waals surface area (Å²) >= 11 is 0. The van der Waals surface area contributed by atoms with Gasteiger partial charge in [-0.1, -0.05) is 26.0 Å². The minimum Gasteiger partial charge on any atom is -0.338 e. The Bertz CT molecular complexity index is 326. The van der Waals surface area contributed by atoms with Crippen molar-refractivity contribution in [3.8, 4) is 0 Å². The molecule has 1 fully saturated rings. The molecule has 2 unspecified atom stereocenters. The third-order valence-electron chi connectivity index (χ3n) is 4.65. The van der Waals surface area contributed by atoms with Crippen molar-refractivity contribution in [1.29, 1.82) is 0 Å². The number of nitrogens with one attached hydrogen (secondary N) is 1. The standard InChI is InChI=1S/C15H26N2O/c1-3-10-16-14(18)17-11-6-9-15(12-17)8-5-4-7-13(15)2/h4-5,13H,3,6-12H2,1-2H3,(H,16,18). The average molecular weight is 250 g/mol. The number of carbonyl (C=O) groups is 1. The number of likely N-dealkylation sites (tertiary alicyclic amines) is 1. The molecular formula is C15H26N2O. The van der Waals surface area contributed by atoms with Crippen molar-refractivity contribution >= 4 is 6.03 Å². The fourth-order valence-electron chi connectivity index (χ4n) is 3.32. The molecule has 0 radical (unpaired) electrons. The topological polar surface area (TPSA) is 32.3 Å². The summed E-state index contributed by atoms with van der Waals surface area (Å²) in [5.74, 6) is 0.698. The minimum absolute atomic E-state index is 0.137. The molecular weight excluding hydrogens is 224 g/mol. The lowest BCUT2D eigenvalue weighted by Gasteiger charge is -2.47. The molecule has 0 aromatic rings. The summed E-state index contributed by atoms with van der Waals surface area (Å²) in [6.07, 6.45) is 10.4. The summed E-state index contributed by atoms with van der Waals surface area (Å²) < 4.78 is 0. The van der Waals surface area contributed by atoms with Gasteiger partial charge < -0.3 is 10.2 Å². The zero-order chi connectivity index (χ0) is 13.0. The van der Waals surface area contributed by atoms with Crippen molar-refractivity contribution in [2.75, 3.05) is 19.6 Å². The van der Waals surface area contributed by atoms with Crippen LogP contribution in [0.1, 0.15) is 46.0 Å². The highest BCUT2D eigenvalue weighted by Gasteiger charge is 2.41. The largest absolute Gasteiger partial charge is 0.338 e. The van der Waals surface area contributed by atoms with Gasteiger partial charge in [0, 0.05) is 19.6 Å². The SMILES string of the molecule is CCCNC(=O)N1CCCC2(CC=CCC2C)C1. The zero-order valence-electron chi connectivity index (χ0n) is 11.7. The van der Waals surface area contributed by atoms with E-state index in [0.29, 0.717) is 11.3 Å². The third-order valence-corrected chi connectivity index (χ3v) is 4.65. The Morgan fingerprint density at radius 3 is 3.06 bits per heavy atom. The number of rotatable bonds is 2. The highest BCUT2D eigenvalue weighted by atomic mass is 16.2. The quantitative estimate of drug-likeness (QED) is 0.750. The number of amides is 2. The lowest BCUT2D eigenvalue weighted by molar-refractivity contribution is 0.0564. The normalized spacial score (nSPS) is 31.7. The molecule has 0 saturated carbocycles. The van der Waals surface area contributed by atoms with Crippen molar-refractivity contribution in [1.82, 2.24) is 10.2 Å². The predicted octanol–water partition coefficient (Wildman–Crippen LogP) is 3.17. The first-order chi connectivity index (χ1) is 8.68. The van der Waals surface area contributed by atoms with Gasteiger partial charge in [0.2, 0.25) is 0 Å². The van der Waals surface area contributed by atoms with E-state index < -0.39 is 0 Å². The molecule has 1 aliphatic heterocycles. The number of urea groups is 1. The Morgan fingerprint density at radius 1 is 1.50 bits per heavy atom. The maximum absolute atomic E-state index is 12.1. The first kappa shape index (κ1) is 13.4. The fraction of sp³-hybridized carbons (Fsp3) is 0.800. The number of hydrogen-bond acceptors (Lipinski definition) is 1. The maximum Gasteiger partial charge on any atom is 0.317 e. The molecule has 1 saturated heterocycles. The van der Waals surface area contributed by atoms with Crippen LogP contribution >= 0.6 is 0 Å². The molecule has 3 heteroatoms. The number of piperidine rings is 1. The van der Waals surface area contributed by atoms with Gasteiger partial charge in [-0.2, -0.15) is 0 Å². The van der Waals surface area contributed by atoms with Crippen molar-refractivity contribution in [2.24, 2.45) is 11.3 Å². The Labute approximate surface area is 111 Å². The number of carbonyl (C=O) groups excluding carboxylic acids is 1. The lowest BCUT2D eigenvalue weighted by Crippen LogP contribution is -2.52. The van der Waals surface area contributed by atoms with E-state index in [0.717, 1.165) is 38.9 Å². The smallest absolute Gasteiger partial charge is 0.317 e. The molecule has 102 valence electrons. The zero-order valence-corrected chi connectivity index (χ0v) is 11.7. The molecule has 18 heavy (non-hydrogen) atoms. The van der Waals surface area contributed by atoms with Crippen LogP contribution < -0.4 is 5.32 Å². The second kappa shape index (κ2) is 5.77. The van der Waals surface area contributed by atoms with Gasteiger partial charge in [0.05, 0.1) is 0 Å². The van der Waals surface area contributed by atoms with Gasteiger partial charge in [-0.3, -0.25) is 0 Å². The molecule has 1 heterocycles. The number of allylic oxidation sites excluding steroid dienone is 2. The van der Waals surface area contributed by atoms with E-state index in [9.17, 15) is 4.79 Å². The molecule has 2 aliphatic rings. The number of nitrogens with zero attached hydrogens (tertiary/aromatic N) is 1. The Balaban J connectivity index is 1.99. The summed E-state index contributed by atoms with van der Waals surface area (Å²) in [6.45, 7) is 7.09. The van der Waals surface area contributed by atoms with E-state index in [1.165, 1.54) is 12.8 Å². The van der Waals surface area contributed by atoms with E-state index in [2.05, 4.69) is 31.3 Å². The lowest BCUT2D eigenvalue weighted by atomic mass is 9.65. The molecule has 1 aliphatic carbocycles. The summed E-state index contributed by atoms with van der Waals surface area (Å²) in [6, 6.07) is 0.137. The van der Waals surface area contributed by atoms with Crippen LogP contribution in [0.25, 0.3) is 0 Å². The predicted molar refractivity (Wildman–Crippen MR) is 74.5 cm³/mol. The molecule has 2 atom stereocenters. The first-order valence-corrected chi connectivity index (χ1v) is 7.36. The monoisotopic (exact) mass is 250 g/mol. The van der Waals surface area contributed by atoms with E-state index in [1.54, 1.807) is 0 Å². The molecule has 2 rings (SSSR count). The fourth-order valence-corrected chi connectivity index (χ4v) is 3.32. The van der Waals surface area contributed by atoms with E-state index in [4.69, 9.17) is 0 Å². The molecule has 0 bridgehead atoms. The summed E-state index contributed by atoms with van der Waals surface area (Å²) in [7, 11) is 0. The molecule has 1 N–H and O–H groups in total. The van der Waals surface area contributed by atoms with E-state index >= 15 is 0 Å². The molecule has 2 amide bonds. The van der Waals surface area contributed by atoms with Crippen molar-refractivity contribution in [3.63, 3.8) is 0 Å². The summed E-state index contributed by atoms with van der Waals surface area (Å²) in [4.78, 5) is 14.1. The second-order valence-electron chi connectivity index (χ2n) is 5.93.